The molecule has 0 radical (unpaired) electrons. The largest absolute Gasteiger partial charge is 0.484 e. The van der Waals surface area contributed by atoms with Crippen molar-refractivity contribution in [1.29, 1.82) is 0 Å². The van der Waals surface area contributed by atoms with E-state index in [1.807, 2.05) is 18.2 Å². The third-order valence-corrected chi connectivity index (χ3v) is 4.41. The molecule has 3 rings (SSSR count). The number of hydrogen-bond acceptors (Lipinski definition) is 4. The van der Waals surface area contributed by atoms with Gasteiger partial charge in [-0.15, -0.1) is 0 Å². The average Bonchev–Trinajstić information content (AvgIpc) is 2.74. The van der Waals surface area contributed by atoms with Gasteiger partial charge in [-0.1, -0.05) is 41.4 Å². The third-order valence-electron chi connectivity index (χ3n) is 3.86. The monoisotopic (exact) mass is 441 g/mol. The van der Waals surface area contributed by atoms with Gasteiger partial charge >= 0.3 is 0 Å². The van der Waals surface area contributed by atoms with Crippen LogP contribution in [-0.2, 0) is 4.79 Å². The molecular formula is C22H17Cl2N3O3. The van der Waals surface area contributed by atoms with Gasteiger partial charge in [0.2, 0.25) is 0 Å². The van der Waals surface area contributed by atoms with E-state index < -0.39 is 5.91 Å². The van der Waals surface area contributed by atoms with Gasteiger partial charge in [0.1, 0.15) is 5.75 Å². The van der Waals surface area contributed by atoms with E-state index in [-0.39, 0.29) is 23.1 Å². The van der Waals surface area contributed by atoms with Crippen molar-refractivity contribution in [3.05, 3.63) is 94.0 Å². The first kappa shape index (κ1) is 21.4. The summed E-state index contributed by atoms with van der Waals surface area (Å²) in [6, 6.07) is 20.6. The summed E-state index contributed by atoms with van der Waals surface area (Å²) in [5.41, 5.74) is 4.12. The van der Waals surface area contributed by atoms with Crippen LogP contribution in [0.25, 0.3) is 0 Å². The predicted molar refractivity (Wildman–Crippen MR) is 119 cm³/mol. The molecule has 2 amide bonds. The summed E-state index contributed by atoms with van der Waals surface area (Å²) in [5.74, 6) is -0.167. The van der Waals surface area contributed by atoms with Crippen molar-refractivity contribution < 1.29 is 14.3 Å². The highest BCUT2D eigenvalue weighted by Gasteiger charge is 2.09. The molecule has 0 fully saturated rings. The van der Waals surface area contributed by atoms with E-state index in [0.29, 0.717) is 16.5 Å². The summed E-state index contributed by atoms with van der Waals surface area (Å²) < 4.78 is 5.47. The molecule has 0 spiro atoms. The summed E-state index contributed by atoms with van der Waals surface area (Å²) in [6.07, 6.45) is 1.48. The number of amides is 2. The van der Waals surface area contributed by atoms with Crippen LogP contribution in [0.15, 0.2) is 77.9 Å². The predicted octanol–water partition coefficient (Wildman–Crippen LogP) is 4.77. The highest BCUT2D eigenvalue weighted by atomic mass is 35.5. The minimum absolute atomic E-state index is 0.111. The first-order valence-corrected chi connectivity index (χ1v) is 9.63. The molecule has 0 saturated heterocycles. The lowest BCUT2D eigenvalue weighted by molar-refractivity contribution is -0.118. The highest BCUT2D eigenvalue weighted by molar-refractivity contribution is 6.36. The highest BCUT2D eigenvalue weighted by Crippen LogP contribution is 2.20. The van der Waals surface area contributed by atoms with Crippen molar-refractivity contribution in [3.8, 4) is 5.75 Å². The molecule has 3 aromatic carbocycles. The molecule has 8 heteroatoms. The molecule has 0 aliphatic rings. The minimum atomic E-state index is -0.447. The van der Waals surface area contributed by atoms with Crippen molar-refractivity contribution in [2.75, 3.05) is 11.9 Å². The maximum atomic E-state index is 12.1. The number of carbonyl (C=O) groups is 2. The summed E-state index contributed by atoms with van der Waals surface area (Å²) in [6.45, 7) is -0.111. The molecule has 0 aromatic heterocycles. The number of nitrogens with one attached hydrogen (secondary N) is 2. The molecule has 30 heavy (non-hydrogen) atoms. The van der Waals surface area contributed by atoms with Crippen LogP contribution in [0.2, 0.25) is 10.0 Å². The minimum Gasteiger partial charge on any atom is -0.484 e. The number of rotatable bonds is 7. The van der Waals surface area contributed by atoms with Crippen LogP contribution < -0.4 is 15.5 Å². The molecule has 0 bridgehead atoms. The number of anilines is 1. The fraction of sp³-hybridized carbons (Fsp3) is 0.0455. The average molecular weight is 442 g/mol. The van der Waals surface area contributed by atoms with Gasteiger partial charge in [0, 0.05) is 10.7 Å². The van der Waals surface area contributed by atoms with Crippen LogP contribution in [0.1, 0.15) is 15.9 Å². The van der Waals surface area contributed by atoms with Crippen molar-refractivity contribution in [2.45, 2.75) is 0 Å². The molecule has 2 N–H and O–H groups in total. The number of carbonyl (C=O) groups excluding carboxylic acids is 2. The lowest BCUT2D eigenvalue weighted by atomic mass is 10.2. The van der Waals surface area contributed by atoms with Crippen LogP contribution in [0.3, 0.4) is 0 Å². The van der Waals surface area contributed by atoms with Gasteiger partial charge in [0.05, 0.1) is 16.8 Å². The lowest BCUT2D eigenvalue weighted by Gasteiger charge is -2.07. The van der Waals surface area contributed by atoms with E-state index >= 15 is 0 Å². The maximum absolute atomic E-state index is 12.1. The summed E-state index contributed by atoms with van der Waals surface area (Å²) in [7, 11) is 0. The standard InChI is InChI=1S/C22H17Cl2N3O3/c23-16-8-11-19(20(24)12-16)22(29)27-25-13-15-6-9-18(10-7-15)30-14-21(28)26-17-4-2-1-3-5-17/h1-13H,14H2,(H,26,28)(H,27,29)/b25-13+. The second-order valence-electron chi connectivity index (χ2n) is 6.10. The van der Waals surface area contributed by atoms with Crippen LogP contribution in [-0.4, -0.2) is 24.6 Å². The van der Waals surface area contributed by atoms with Gasteiger partial charge in [-0.3, -0.25) is 9.59 Å². The Hall–Kier alpha value is -3.35. The zero-order chi connectivity index (χ0) is 21.3. The van der Waals surface area contributed by atoms with Crippen LogP contribution in [0.4, 0.5) is 5.69 Å². The molecule has 0 saturated carbocycles. The van der Waals surface area contributed by atoms with Gasteiger partial charge in [0.25, 0.3) is 11.8 Å². The first-order chi connectivity index (χ1) is 14.5. The lowest BCUT2D eigenvalue weighted by Crippen LogP contribution is -2.20. The number of para-hydroxylation sites is 1. The van der Waals surface area contributed by atoms with Crippen LogP contribution in [0.5, 0.6) is 5.75 Å². The Bertz CT molecular complexity index is 1050. The fourth-order valence-corrected chi connectivity index (χ4v) is 2.91. The quantitative estimate of drug-likeness (QED) is 0.409. The Morgan fingerprint density at radius 2 is 1.70 bits per heavy atom. The van der Waals surface area contributed by atoms with Crippen molar-refractivity contribution in [2.24, 2.45) is 5.10 Å². The molecule has 0 unspecified atom stereocenters. The summed E-state index contributed by atoms with van der Waals surface area (Å²) in [4.78, 5) is 24.0. The maximum Gasteiger partial charge on any atom is 0.272 e. The zero-order valence-corrected chi connectivity index (χ0v) is 17.2. The molecule has 3 aromatic rings. The zero-order valence-electron chi connectivity index (χ0n) is 15.6. The Morgan fingerprint density at radius 3 is 2.40 bits per heavy atom. The smallest absolute Gasteiger partial charge is 0.272 e. The normalized spacial score (nSPS) is 10.6. The molecule has 0 aliphatic heterocycles. The SMILES string of the molecule is O=C(COc1ccc(/C=N/NC(=O)c2ccc(Cl)cc2Cl)cc1)Nc1ccccc1. The Kier molecular flexibility index (Phi) is 7.43. The van der Waals surface area contributed by atoms with Gasteiger partial charge in [-0.25, -0.2) is 5.43 Å². The molecule has 6 nitrogen and oxygen atoms in total. The molecular weight excluding hydrogens is 425 g/mol. The van der Waals surface area contributed by atoms with Gasteiger partial charge in [0.15, 0.2) is 6.61 Å². The molecule has 0 heterocycles. The summed E-state index contributed by atoms with van der Waals surface area (Å²) >= 11 is 11.8. The Morgan fingerprint density at radius 1 is 0.967 bits per heavy atom. The third kappa shape index (κ3) is 6.34. The van der Waals surface area contributed by atoms with E-state index in [4.69, 9.17) is 27.9 Å². The Balaban J connectivity index is 1.48. The Labute approximate surface area is 183 Å². The van der Waals surface area contributed by atoms with E-state index in [0.717, 1.165) is 5.56 Å². The first-order valence-electron chi connectivity index (χ1n) is 8.87. The van der Waals surface area contributed by atoms with E-state index in [9.17, 15) is 9.59 Å². The van der Waals surface area contributed by atoms with Crippen molar-refractivity contribution in [1.82, 2.24) is 5.43 Å². The van der Waals surface area contributed by atoms with E-state index in [2.05, 4.69) is 15.8 Å². The van der Waals surface area contributed by atoms with Crippen molar-refractivity contribution >= 4 is 46.9 Å². The number of hydrazone groups is 1. The number of hydrogen-bond donors (Lipinski definition) is 2. The number of ether oxygens (including phenoxy) is 1. The number of benzene rings is 3. The second kappa shape index (κ2) is 10.4. The van der Waals surface area contributed by atoms with Crippen LogP contribution >= 0.6 is 23.2 Å². The van der Waals surface area contributed by atoms with E-state index in [1.54, 1.807) is 42.5 Å². The molecule has 152 valence electrons. The van der Waals surface area contributed by atoms with Gasteiger partial charge < -0.3 is 10.1 Å². The van der Waals surface area contributed by atoms with Gasteiger partial charge in [-0.05, 0) is 60.2 Å². The number of halogens is 2. The molecule has 0 atom stereocenters. The summed E-state index contributed by atoms with van der Waals surface area (Å²) in [5, 5.41) is 7.34. The topological polar surface area (TPSA) is 79.8 Å². The van der Waals surface area contributed by atoms with Crippen LogP contribution in [0, 0.1) is 0 Å². The van der Waals surface area contributed by atoms with Gasteiger partial charge in [-0.2, -0.15) is 5.10 Å². The number of nitrogens with zero attached hydrogens (tertiary/aromatic N) is 1. The second-order valence-corrected chi connectivity index (χ2v) is 6.94. The fourth-order valence-electron chi connectivity index (χ4n) is 2.42. The molecule has 0 aliphatic carbocycles. The van der Waals surface area contributed by atoms with Crippen molar-refractivity contribution in [3.63, 3.8) is 0 Å². The van der Waals surface area contributed by atoms with E-state index in [1.165, 1.54) is 18.3 Å².